The Morgan fingerprint density at radius 3 is 2.47 bits per heavy atom. The van der Waals surface area contributed by atoms with E-state index in [0.717, 1.165) is 16.5 Å². The molecular formula is C21H19F3N4O3S. The number of hydrogen-bond acceptors (Lipinski definition) is 5. The van der Waals surface area contributed by atoms with Crippen LogP contribution in [0.1, 0.15) is 17.0 Å². The van der Waals surface area contributed by atoms with Crippen LogP contribution in [0.25, 0.3) is 22.3 Å². The van der Waals surface area contributed by atoms with E-state index in [1.165, 1.54) is 0 Å². The van der Waals surface area contributed by atoms with Crippen molar-refractivity contribution in [3.05, 3.63) is 65.7 Å². The van der Waals surface area contributed by atoms with Crippen LogP contribution in [0.4, 0.5) is 13.2 Å². The van der Waals surface area contributed by atoms with E-state index in [1.807, 2.05) is 24.6 Å². The summed E-state index contributed by atoms with van der Waals surface area (Å²) in [5.74, 6) is -1.59. The maximum absolute atomic E-state index is 12.8. The van der Waals surface area contributed by atoms with Gasteiger partial charge in [0.25, 0.3) is 0 Å². The van der Waals surface area contributed by atoms with Crippen molar-refractivity contribution < 1.29 is 26.1 Å². The molecule has 11 heteroatoms. The Bertz CT molecular complexity index is 1370. The Kier molecular flexibility index (Phi) is 5.55. The molecule has 0 spiro atoms. The van der Waals surface area contributed by atoms with Gasteiger partial charge in [-0.05, 0) is 37.6 Å². The maximum Gasteiger partial charge on any atom is 0.471 e. The Hall–Kier alpha value is -3.18. The molecule has 0 atom stereocenters. The van der Waals surface area contributed by atoms with E-state index in [2.05, 4.69) is 19.4 Å². The molecule has 2 aromatic carbocycles. The number of alkyl halides is 3. The summed E-state index contributed by atoms with van der Waals surface area (Å²) in [7, 11) is -3.66. The molecule has 2 aromatic heterocycles. The normalized spacial score (nSPS) is 12.5. The van der Waals surface area contributed by atoms with E-state index in [9.17, 15) is 21.6 Å². The smallest absolute Gasteiger partial charge is 0.346 e. The summed E-state index contributed by atoms with van der Waals surface area (Å²) >= 11 is 0. The van der Waals surface area contributed by atoms with E-state index in [1.54, 1.807) is 42.5 Å². The summed E-state index contributed by atoms with van der Waals surface area (Å²) in [4.78, 5) is 3.60. The van der Waals surface area contributed by atoms with Crippen molar-refractivity contribution in [2.24, 2.45) is 0 Å². The first kappa shape index (κ1) is 22.0. The molecule has 0 unspecified atom stereocenters. The van der Waals surface area contributed by atoms with Crippen LogP contribution in [0.2, 0.25) is 0 Å². The van der Waals surface area contributed by atoms with Crippen molar-refractivity contribution in [2.45, 2.75) is 31.5 Å². The standard InChI is InChI=1S/C21H19F3N4O3S/c1-13-3-6-16(7-4-13)32(29,30)25-9-10-28-12-14(2)17-8-5-15(11-18(17)28)19-26-20(31-27-19)21(22,23)24/h3-8,11-12,25H,9-10H2,1-2H3. The van der Waals surface area contributed by atoms with Gasteiger partial charge in [0.05, 0.1) is 4.90 Å². The third kappa shape index (κ3) is 4.39. The van der Waals surface area contributed by atoms with Gasteiger partial charge in [0.2, 0.25) is 15.8 Å². The van der Waals surface area contributed by atoms with Gasteiger partial charge in [-0.1, -0.05) is 35.0 Å². The van der Waals surface area contributed by atoms with Crippen LogP contribution >= 0.6 is 0 Å². The zero-order valence-electron chi connectivity index (χ0n) is 17.1. The molecule has 0 radical (unpaired) electrons. The summed E-state index contributed by atoms with van der Waals surface area (Å²) in [6.45, 7) is 4.21. The van der Waals surface area contributed by atoms with E-state index in [0.29, 0.717) is 17.6 Å². The second-order valence-corrected chi connectivity index (χ2v) is 9.14. The number of aryl methyl sites for hydroxylation is 2. The monoisotopic (exact) mass is 464 g/mol. The minimum atomic E-state index is -4.72. The number of sulfonamides is 1. The Labute approximate surface area is 181 Å². The number of nitrogens with one attached hydrogen (secondary N) is 1. The second-order valence-electron chi connectivity index (χ2n) is 7.37. The summed E-state index contributed by atoms with van der Waals surface area (Å²) in [6, 6.07) is 11.6. The molecule has 0 aliphatic rings. The molecule has 1 N–H and O–H groups in total. The molecule has 2 heterocycles. The highest BCUT2D eigenvalue weighted by molar-refractivity contribution is 7.89. The molecule has 168 valence electrons. The lowest BCUT2D eigenvalue weighted by Crippen LogP contribution is -2.27. The molecule has 0 saturated carbocycles. The summed E-state index contributed by atoms with van der Waals surface area (Å²) < 4.78 is 72.0. The molecule has 7 nitrogen and oxygen atoms in total. The van der Waals surface area contributed by atoms with Gasteiger partial charge in [-0.15, -0.1) is 0 Å². The van der Waals surface area contributed by atoms with Gasteiger partial charge in [-0.25, -0.2) is 13.1 Å². The number of benzene rings is 2. The molecule has 4 aromatic rings. The zero-order chi connectivity index (χ0) is 23.1. The van der Waals surface area contributed by atoms with Crippen LogP contribution in [0.15, 0.2) is 58.1 Å². The number of halogens is 3. The summed E-state index contributed by atoms with van der Waals surface area (Å²) in [5, 5.41) is 4.31. The van der Waals surface area contributed by atoms with Gasteiger partial charge in [-0.2, -0.15) is 18.2 Å². The van der Waals surface area contributed by atoms with E-state index < -0.39 is 22.1 Å². The molecule has 0 saturated heterocycles. The first-order valence-electron chi connectivity index (χ1n) is 9.62. The highest BCUT2D eigenvalue weighted by atomic mass is 32.2. The van der Waals surface area contributed by atoms with Gasteiger partial charge in [0, 0.05) is 35.8 Å². The fourth-order valence-corrected chi connectivity index (χ4v) is 4.38. The van der Waals surface area contributed by atoms with Crippen LogP contribution in [0.5, 0.6) is 0 Å². The quantitative estimate of drug-likeness (QED) is 0.459. The Morgan fingerprint density at radius 1 is 1.09 bits per heavy atom. The molecule has 0 aliphatic carbocycles. The van der Waals surface area contributed by atoms with Crippen molar-refractivity contribution >= 4 is 20.9 Å². The van der Waals surface area contributed by atoms with Gasteiger partial charge in [0.1, 0.15) is 0 Å². The minimum absolute atomic E-state index is 0.129. The fraction of sp³-hybridized carbons (Fsp3) is 0.238. The SMILES string of the molecule is Cc1ccc(S(=O)(=O)NCCn2cc(C)c3ccc(-c4noc(C(F)(F)F)n4)cc32)cc1. The van der Waals surface area contributed by atoms with Crippen molar-refractivity contribution in [3.63, 3.8) is 0 Å². The van der Waals surface area contributed by atoms with Crippen molar-refractivity contribution in [1.29, 1.82) is 0 Å². The van der Waals surface area contributed by atoms with Crippen LogP contribution in [0.3, 0.4) is 0 Å². The average Bonchev–Trinajstić information content (AvgIpc) is 3.34. The first-order chi connectivity index (χ1) is 15.0. The molecule has 0 aliphatic heterocycles. The van der Waals surface area contributed by atoms with Gasteiger partial charge < -0.3 is 9.09 Å². The largest absolute Gasteiger partial charge is 0.471 e. The molecule has 4 rings (SSSR count). The van der Waals surface area contributed by atoms with Crippen LogP contribution in [-0.2, 0) is 22.7 Å². The fourth-order valence-electron chi connectivity index (χ4n) is 3.36. The minimum Gasteiger partial charge on any atom is -0.346 e. The number of nitrogens with zero attached hydrogens (tertiary/aromatic N) is 3. The molecule has 0 bridgehead atoms. The van der Waals surface area contributed by atoms with Crippen molar-refractivity contribution in [1.82, 2.24) is 19.4 Å². The zero-order valence-corrected chi connectivity index (χ0v) is 18.0. The van der Waals surface area contributed by atoms with Gasteiger partial charge >= 0.3 is 12.1 Å². The predicted molar refractivity (Wildman–Crippen MR) is 111 cm³/mol. The number of rotatable bonds is 6. The van der Waals surface area contributed by atoms with Crippen LogP contribution < -0.4 is 4.72 Å². The third-order valence-corrected chi connectivity index (χ3v) is 6.46. The number of hydrogen-bond donors (Lipinski definition) is 1. The number of fused-ring (bicyclic) bond motifs is 1. The first-order valence-corrected chi connectivity index (χ1v) is 11.1. The lowest BCUT2D eigenvalue weighted by Gasteiger charge is -2.09. The average molecular weight is 464 g/mol. The predicted octanol–water partition coefficient (Wildman–Crippen LogP) is 4.31. The lowest BCUT2D eigenvalue weighted by molar-refractivity contribution is -0.159. The molecule has 0 fully saturated rings. The van der Waals surface area contributed by atoms with Crippen molar-refractivity contribution in [2.75, 3.05) is 6.54 Å². The molecule has 0 amide bonds. The van der Waals surface area contributed by atoms with Gasteiger partial charge in [0.15, 0.2) is 0 Å². The van der Waals surface area contributed by atoms with E-state index in [-0.39, 0.29) is 17.3 Å². The Balaban J connectivity index is 1.56. The summed E-state index contributed by atoms with van der Waals surface area (Å²) in [6.07, 6.45) is -2.87. The van der Waals surface area contributed by atoms with E-state index >= 15 is 0 Å². The highest BCUT2D eigenvalue weighted by Gasteiger charge is 2.38. The van der Waals surface area contributed by atoms with Gasteiger partial charge in [-0.3, -0.25) is 0 Å². The number of aromatic nitrogens is 3. The third-order valence-electron chi connectivity index (χ3n) is 4.98. The Morgan fingerprint density at radius 2 is 1.81 bits per heavy atom. The second kappa shape index (κ2) is 8.06. The summed E-state index contributed by atoms with van der Waals surface area (Å²) in [5.41, 5.74) is 2.97. The van der Waals surface area contributed by atoms with Crippen molar-refractivity contribution in [3.8, 4) is 11.4 Å². The molecular weight excluding hydrogens is 445 g/mol. The maximum atomic E-state index is 12.8. The van der Waals surface area contributed by atoms with E-state index in [4.69, 9.17) is 0 Å². The highest BCUT2D eigenvalue weighted by Crippen LogP contribution is 2.31. The van der Waals surface area contributed by atoms with Crippen LogP contribution in [-0.4, -0.2) is 29.7 Å². The topological polar surface area (TPSA) is 90.0 Å². The molecule has 32 heavy (non-hydrogen) atoms. The lowest BCUT2D eigenvalue weighted by atomic mass is 10.1. The van der Waals surface area contributed by atoms with Crippen LogP contribution in [0, 0.1) is 13.8 Å².